The van der Waals surface area contributed by atoms with E-state index in [1.807, 2.05) is 0 Å². The number of hydrogen-bond donors (Lipinski definition) is 0. The molecule has 4 nitrogen and oxygen atoms in total. The first-order chi connectivity index (χ1) is 10.7. The van der Waals surface area contributed by atoms with Crippen LogP contribution >= 0.6 is 23.1 Å². The monoisotopic (exact) mass is 359 g/mol. The summed E-state index contributed by atoms with van der Waals surface area (Å²) in [4.78, 5) is 15.5. The first-order valence-electron chi connectivity index (χ1n) is 6.50. The van der Waals surface area contributed by atoms with E-state index >= 15 is 0 Å². The average molecular weight is 359 g/mol. The molecule has 23 heavy (non-hydrogen) atoms. The lowest BCUT2D eigenvalue weighted by molar-refractivity contribution is -0.138. The number of aromatic nitrogens is 2. The third kappa shape index (κ3) is 3.95. The Kier molecular flexibility index (Phi) is 5.16. The van der Waals surface area contributed by atoms with Gasteiger partial charge in [-0.3, -0.25) is 4.79 Å². The topological polar surface area (TPSA) is 58.7 Å². The summed E-state index contributed by atoms with van der Waals surface area (Å²) in [5.41, 5.74) is -0.446. The van der Waals surface area contributed by atoms with E-state index in [9.17, 15) is 18.0 Å². The van der Waals surface area contributed by atoms with Crippen LogP contribution in [0.15, 0.2) is 21.3 Å². The number of aryl methyl sites for hydroxylation is 2. The fraction of sp³-hybridized carbons (Fsp3) is 0.357. The molecule has 0 amide bonds. The van der Waals surface area contributed by atoms with Gasteiger partial charge in [-0.1, -0.05) is 11.3 Å². The Balaban J connectivity index is 2.25. The van der Waals surface area contributed by atoms with E-state index in [1.165, 1.54) is 6.92 Å². The van der Waals surface area contributed by atoms with Crippen molar-refractivity contribution >= 4 is 23.1 Å². The Morgan fingerprint density at radius 1 is 1.43 bits per heavy atom. The Morgan fingerprint density at radius 3 is 2.65 bits per heavy atom. The predicted molar refractivity (Wildman–Crippen MR) is 82.7 cm³/mol. The highest BCUT2D eigenvalue weighted by molar-refractivity contribution is 7.99. The molecule has 122 valence electrons. The van der Waals surface area contributed by atoms with Gasteiger partial charge in [-0.05, 0) is 19.9 Å². The molecule has 9 heteroatoms. The Hall–Kier alpha value is -1.79. The van der Waals surface area contributed by atoms with Gasteiger partial charge in [-0.15, -0.1) is 11.8 Å². The second kappa shape index (κ2) is 6.76. The van der Waals surface area contributed by atoms with E-state index in [-0.39, 0.29) is 15.6 Å². The van der Waals surface area contributed by atoms with Gasteiger partial charge in [-0.2, -0.15) is 18.4 Å². The summed E-state index contributed by atoms with van der Waals surface area (Å²) in [6, 6.07) is 2.47. The number of alkyl halides is 3. The van der Waals surface area contributed by atoms with Crippen molar-refractivity contribution in [3.63, 3.8) is 0 Å². The fourth-order valence-electron chi connectivity index (χ4n) is 1.99. The van der Waals surface area contributed by atoms with Crippen molar-refractivity contribution in [2.75, 3.05) is 5.75 Å². The number of halogens is 3. The van der Waals surface area contributed by atoms with Crippen molar-refractivity contribution < 1.29 is 13.2 Å². The summed E-state index contributed by atoms with van der Waals surface area (Å²) >= 11 is 2.12. The lowest BCUT2D eigenvalue weighted by atomic mass is 10.1. The second-order valence-electron chi connectivity index (χ2n) is 4.74. The quantitative estimate of drug-likeness (QED) is 0.783. The molecule has 0 radical (unpaired) electrons. The predicted octanol–water partition coefficient (Wildman–Crippen LogP) is 3.60. The highest BCUT2D eigenvalue weighted by Gasteiger charge is 2.35. The standard InChI is InChI=1S/C14H12F3N3OS2/c1-8-5-11(14(15,16)17)10(6-18)12(19-8)22-4-3-20-9(2)7-23-13(20)21/h5,7H,3-4H2,1-2H3. The average Bonchev–Trinajstić information content (AvgIpc) is 2.77. The Bertz CT molecular complexity index is 818. The van der Waals surface area contributed by atoms with E-state index in [1.54, 1.807) is 22.9 Å². The maximum atomic E-state index is 13.0. The molecule has 0 aliphatic rings. The van der Waals surface area contributed by atoms with Gasteiger partial charge in [0.15, 0.2) is 0 Å². The van der Waals surface area contributed by atoms with E-state index in [4.69, 9.17) is 5.26 Å². The van der Waals surface area contributed by atoms with Gasteiger partial charge in [0.05, 0.1) is 11.1 Å². The molecule has 2 aromatic rings. The van der Waals surface area contributed by atoms with Crippen LogP contribution < -0.4 is 4.87 Å². The highest BCUT2D eigenvalue weighted by atomic mass is 32.2. The number of thioether (sulfide) groups is 1. The molecular weight excluding hydrogens is 347 g/mol. The first-order valence-corrected chi connectivity index (χ1v) is 8.37. The third-order valence-electron chi connectivity index (χ3n) is 3.06. The minimum Gasteiger partial charge on any atom is -0.303 e. The van der Waals surface area contributed by atoms with Crippen molar-refractivity contribution in [3.8, 4) is 6.07 Å². The number of nitriles is 1. The van der Waals surface area contributed by atoms with E-state index in [0.29, 0.717) is 12.3 Å². The lowest BCUT2D eigenvalue weighted by Gasteiger charge is -2.13. The maximum Gasteiger partial charge on any atom is 0.417 e. The van der Waals surface area contributed by atoms with Crippen molar-refractivity contribution in [1.82, 2.24) is 9.55 Å². The molecule has 0 aromatic carbocycles. The summed E-state index contributed by atoms with van der Waals surface area (Å²) in [6.45, 7) is 3.59. The smallest absolute Gasteiger partial charge is 0.303 e. The number of nitrogens with zero attached hydrogens (tertiary/aromatic N) is 3. The van der Waals surface area contributed by atoms with Crippen LogP contribution in [0.4, 0.5) is 13.2 Å². The van der Waals surface area contributed by atoms with Gasteiger partial charge in [-0.25, -0.2) is 4.98 Å². The minimum absolute atomic E-state index is 0.0424. The van der Waals surface area contributed by atoms with Crippen LogP contribution in [0.2, 0.25) is 0 Å². The zero-order valence-corrected chi connectivity index (χ0v) is 13.9. The molecule has 0 atom stereocenters. The van der Waals surface area contributed by atoms with Gasteiger partial charge < -0.3 is 4.57 Å². The van der Waals surface area contributed by atoms with Crippen LogP contribution in [0, 0.1) is 25.2 Å². The summed E-state index contributed by atoms with van der Waals surface area (Å²) in [7, 11) is 0. The molecule has 0 fully saturated rings. The van der Waals surface area contributed by atoms with Crippen LogP contribution in [0.1, 0.15) is 22.5 Å². The van der Waals surface area contributed by atoms with Gasteiger partial charge in [0.1, 0.15) is 11.1 Å². The van der Waals surface area contributed by atoms with E-state index in [2.05, 4.69) is 4.98 Å². The van der Waals surface area contributed by atoms with Crippen molar-refractivity contribution in [2.45, 2.75) is 31.6 Å². The molecule has 2 heterocycles. The molecule has 0 spiro atoms. The molecule has 0 saturated heterocycles. The summed E-state index contributed by atoms with van der Waals surface area (Å²) in [5, 5.41) is 10.8. The normalized spacial score (nSPS) is 11.5. The second-order valence-corrected chi connectivity index (χ2v) is 6.65. The van der Waals surface area contributed by atoms with E-state index in [0.717, 1.165) is 34.9 Å². The molecule has 0 aliphatic heterocycles. The number of pyridine rings is 1. The molecule has 0 aliphatic carbocycles. The SMILES string of the molecule is Cc1cc(C(F)(F)F)c(C#N)c(SCCn2c(C)csc2=O)n1. The van der Waals surface area contributed by atoms with Gasteiger partial charge in [0.2, 0.25) is 0 Å². The summed E-state index contributed by atoms with van der Waals surface area (Å²) in [6.07, 6.45) is -4.60. The molecule has 2 rings (SSSR count). The number of rotatable bonds is 4. The van der Waals surface area contributed by atoms with Crippen LogP contribution in [0.5, 0.6) is 0 Å². The number of thiazole rings is 1. The van der Waals surface area contributed by atoms with Crippen molar-refractivity contribution in [3.05, 3.63) is 43.6 Å². The maximum absolute atomic E-state index is 13.0. The van der Waals surface area contributed by atoms with Gasteiger partial charge in [0, 0.05) is 29.1 Å². The fourth-order valence-corrected chi connectivity index (χ4v) is 3.73. The van der Waals surface area contributed by atoms with Gasteiger partial charge in [0.25, 0.3) is 0 Å². The minimum atomic E-state index is -4.60. The highest BCUT2D eigenvalue weighted by Crippen LogP contribution is 2.35. The van der Waals surface area contributed by atoms with Gasteiger partial charge >= 0.3 is 11.0 Å². The van der Waals surface area contributed by atoms with Crippen molar-refractivity contribution in [2.24, 2.45) is 0 Å². The number of hydrogen-bond acceptors (Lipinski definition) is 5. The van der Waals surface area contributed by atoms with E-state index < -0.39 is 17.3 Å². The van der Waals surface area contributed by atoms with Crippen LogP contribution in [0.25, 0.3) is 0 Å². The zero-order valence-electron chi connectivity index (χ0n) is 12.3. The molecule has 0 unspecified atom stereocenters. The molecule has 0 N–H and O–H groups in total. The third-order valence-corrected chi connectivity index (χ3v) is 4.90. The molecule has 0 saturated carbocycles. The van der Waals surface area contributed by atoms with Crippen LogP contribution in [-0.4, -0.2) is 15.3 Å². The first kappa shape index (κ1) is 17.6. The Morgan fingerprint density at radius 2 is 2.13 bits per heavy atom. The van der Waals surface area contributed by atoms with Crippen molar-refractivity contribution in [1.29, 1.82) is 5.26 Å². The largest absolute Gasteiger partial charge is 0.417 e. The zero-order chi connectivity index (χ0) is 17.2. The molecule has 0 bridgehead atoms. The summed E-state index contributed by atoms with van der Waals surface area (Å²) in [5.74, 6) is 0.347. The summed E-state index contributed by atoms with van der Waals surface area (Å²) < 4.78 is 40.6. The van der Waals surface area contributed by atoms with Crippen LogP contribution in [-0.2, 0) is 12.7 Å². The van der Waals surface area contributed by atoms with Crippen LogP contribution in [0.3, 0.4) is 0 Å². The lowest BCUT2D eigenvalue weighted by Crippen LogP contribution is -2.16. The molecule has 2 aromatic heterocycles. The Labute approximate surface area is 138 Å². The molecular formula is C14H12F3N3OS2.